The van der Waals surface area contributed by atoms with E-state index in [4.69, 9.17) is 16.3 Å². The molecule has 1 aliphatic rings. The van der Waals surface area contributed by atoms with Crippen molar-refractivity contribution in [1.29, 1.82) is 0 Å². The molecule has 0 bridgehead atoms. The van der Waals surface area contributed by atoms with Gasteiger partial charge in [-0.1, -0.05) is 23.7 Å². The molecular formula is C19H20ClN3O6S. The lowest BCUT2D eigenvalue weighted by atomic mass is 10.1. The lowest BCUT2D eigenvalue weighted by Gasteiger charge is -2.35. The van der Waals surface area contributed by atoms with E-state index in [0.717, 1.165) is 18.2 Å². The number of benzene rings is 2. The first-order chi connectivity index (χ1) is 14.1. The smallest absolute Gasteiger partial charge is 0.270 e. The van der Waals surface area contributed by atoms with Crippen molar-refractivity contribution in [2.45, 2.75) is 31.0 Å². The van der Waals surface area contributed by atoms with Crippen LogP contribution in [0.2, 0.25) is 5.02 Å². The van der Waals surface area contributed by atoms with Crippen LogP contribution < -0.4 is 4.72 Å². The number of sulfonamides is 1. The summed E-state index contributed by atoms with van der Waals surface area (Å²) in [5, 5.41) is 10.8. The third kappa shape index (κ3) is 4.72. The van der Waals surface area contributed by atoms with Gasteiger partial charge >= 0.3 is 0 Å². The first-order valence-electron chi connectivity index (χ1n) is 9.09. The van der Waals surface area contributed by atoms with E-state index in [1.807, 2.05) is 13.8 Å². The van der Waals surface area contributed by atoms with Crippen LogP contribution in [0.3, 0.4) is 0 Å². The zero-order chi connectivity index (χ0) is 22.1. The molecule has 1 amide bonds. The van der Waals surface area contributed by atoms with Gasteiger partial charge in [0.05, 0.1) is 33.4 Å². The highest BCUT2D eigenvalue weighted by Gasteiger charge is 2.29. The number of nitrogens with zero attached hydrogens (tertiary/aromatic N) is 2. The second-order valence-electron chi connectivity index (χ2n) is 6.99. The first kappa shape index (κ1) is 22.0. The monoisotopic (exact) mass is 453 g/mol. The van der Waals surface area contributed by atoms with Crippen LogP contribution in [0.5, 0.6) is 0 Å². The molecule has 1 heterocycles. The number of para-hydroxylation sites is 1. The van der Waals surface area contributed by atoms with Gasteiger partial charge in [0, 0.05) is 25.2 Å². The summed E-state index contributed by atoms with van der Waals surface area (Å²) in [7, 11) is -4.29. The zero-order valence-corrected chi connectivity index (χ0v) is 17.8. The number of rotatable bonds is 5. The summed E-state index contributed by atoms with van der Waals surface area (Å²) in [6.45, 7) is 4.46. The van der Waals surface area contributed by atoms with Crippen LogP contribution in [-0.4, -0.2) is 49.4 Å². The van der Waals surface area contributed by atoms with Crippen LogP contribution in [0.15, 0.2) is 47.4 Å². The number of hydrogen-bond acceptors (Lipinski definition) is 6. The second kappa shape index (κ2) is 8.58. The van der Waals surface area contributed by atoms with Gasteiger partial charge in [-0.2, -0.15) is 0 Å². The lowest BCUT2D eigenvalue weighted by molar-refractivity contribution is -0.385. The van der Waals surface area contributed by atoms with Crippen molar-refractivity contribution in [1.82, 2.24) is 4.90 Å². The highest BCUT2D eigenvalue weighted by molar-refractivity contribution is 7.92. The highest BCUT2D eigenvalue weighted by Crippen LogP contribution is 2.29. The Morgan fingerprint density at radius 3 is 2.47 bits per heavy atom. The molecule has 0 radical (unpaired) electrons. The number of carbonyl (C=O) groups is 1. The molecule has 2 aromatic carbocycles. The molecule has 3 rings (SSSR count). The standard InChI is InChI=1S/C19H20ClN3O6S/c1-12-10-22(11-13(2)29-12)19(24)15-5-3-4-6-17(15)21-30(27,28)18-9-14(23(25)26)7-8-16(18)20/h3-9,12-13,21H,10-11H2,1-2H3/t12-,13-/m0/s1. The number of amides is 1. The van der Waals surface area contributed by atoms with E-state index < -0.39 is 25.5 Å². The van der Waals surface area contributed by atoms with Crippen LogP contribution in [0.4, 0.5) is 11.4 Å². The minimum Gasteiger partial charge on any atom is -0.372 e. The molecule has 0 unspecified atom stereocenters. The number of anilines is 1. The number of non-ortho nitro benzene ring substituents is 1. The van der Waals surface area contributed by atoms with Crippen molar-refractivity contribution >= 4 is 38.9 Å². The molecule has 2 atom stereocenters. The Morgan fingerprint density at radius 1 is 1.20 bits per heavy atom. The molecule has 1 saturated heterocycles. The molecule has 0 saturated carbocycles. The SMILES string of the molecule is C[C@H]1CN(C(=O)c2ccccc2NS(=O)(=O)c2cc([N+](=O)[O-])ccc2Cl)C[C@H](C)O1. The Bertz CT molecular complexity index is 1080. The van der Waals surface area contributed by atoms with Gasteiger partial charge in [-0.05, 0) is 32.0 Å². The Labute approximate surface area is 178 Å². The topological polar surface area (TPSA) is 119 Å². The molecule has 2 aromatic rings. The molecule has 1 aliphatic heterocycles. The van der Waals surface area contributed by atoms with Crippen molar-refractivity contribution in [3.8, 4) is 0 Å². The lowest BCUT2D eigenvalue weighted by Crippen LogP contribution is -2.48. The fourth-order valence-electron chi connectivity index (χ4n) is 3.28. The van der Waals surface area contributed by atoms with Crippen LogP contribution in [0.25, 0.3) is 0 Å². The number of nitro benzene ring substituents is 1. The summed E-state index contributed by atoms with van der Waals surface area (Å²) in [6.07, 6.45) is -0.296. The van der Waals surface area contributed by atoms with E-state index in [1.165, 1.54) is 12.1 Å². The van der Waals surface area contributed by atoms with E-state index in [9.17, 15) is 23.3 Å². The second-order valence-corrected chi connectivity index (χ2v) is 9.05. The zero-order valence-electron chi connectivity index (χ0n) is 16.2. The maximum atomic E-state index is 13.1. The first-order valence-corrected chi connectivity index (χ1v) is 10.9. The van der Waals surface area contributed by atoms with Gasteiger partial charge in [0.1, 0.15) is 4.90 Å². The summed E-state index contributed by atoms with van der Waals surface area (Å²) in [5.74, 6) is -0.347. The molecule has 30 heavy (non-hydrogen) atoms. The largest absolute Gasteiger partial charge is 0.372 e. The van der Waals surface area contributed by atoms with Crippen molar-refractivity contribution in [3.05, 3.63) is 63.2 Å². The number of morpholine rings is 1. The number of hydrogen-bond donors (Lipinski definition) is 1. The van der Waals surface area contributed by atoms with Gasteiger partial charge in [0.15, 0.2) is 0 Å². The number of ether oxygens (including phenoxy) is 1. The van der Waals surface area contributed by atoms with Crippen LogP contribution in [-0.2, 0) is 14.8 Å². The molecule has 160 valence electrons. The summed E-state index contributed by atoms with van der Waals surface area (Å²) in [5.41, 5.74) is -0.207. The average Bonchev–Trinajstić information content (AvgIpc) is 2.66. The van der Waals surface area contributed by atoms with Gasteiger partial charge < -0.3 is 9.64 Å². The normalized spacial score (nSPS) is 19.4. The van der Waals surface area contributed by atoms with Crippen molar-refractivity contribution < 1.29 is 22.9 Å². The molecule has 0 aliphatic carbocycles. The minimum absolute atomic E-state index is 0.0527. The molecule has 1 fully saturated rings. The molecule has 0 aromatic heterocycles. The van der Waals surface area contributed by atoms with Crippen molar-refractivity contribution in [2.24, 2.45) is 0 Å². The fourth-order valence-corrected chi connectivity index (χ4v) is 4.88. The number of carbonyl (C=O) groups excluding carboxylic acids is 1. The number of halogens is 1. The number of nitro groups is 1. The molecule has 1 N–H and O–H groups in total. The Hall–Kier alpha value is -2.69. The molecule has 11 heteroatoms. The van der Waals surface area contributed by atoms with E-state index in [0.29, 0.717) is 13.1 Å². The third-order valence-electron chi connectivity index (χ3n) is 4.52. The van der Waals surface area contributed by atoms with Gasteiger partial charge in [-0.25, -0.2) is 8.42 Å². The molecule has 0 spiro atoms. The maximum absolute atomic E-state index is 13.1. The molecular weight excluding hydrogens is 434 g/mol. The van der Waals surface area contributed by atoms with Gasteiger partial charge in [-0.3, -0.25) is 19.6 Å². The quantitative estimate of drug-likeness (QED) is 0.548. The Morgan fingerprint density at radius 2 is 1.83 bits per heavy atom. The summed E-state index contributed by atoms with van der Waals surface area (Å²) in [4.78, 5) is 24.5. The van der Waals surface area contributed by atoms with Crippen LogP contribution >= 0.6 is 11.6 Å². The maximum Gasteiger partial charge on any atom is 0.270 e. The Kier molecular flexibility index (Phi) is 6.30. The third-order valence-corrected chi connectivity index (χ3v) is 6.37. The predicted octanol–water partition coefficient (Wildman–Crippen LogP) is 3.30. The van der Waals surface area contributed by atoms with Crippen molar-refractivity contribution in [3.63, 3.8) is 0 Å². The van der Waals surface area contributed by atoms with Gasteiger partial charge in [0.25, 0.3) is 21.6 Å². The predicted molar refractivity (Wildman–Crippen MR) is 111 cm³/mol. The van der Waals surface area contributed by atoms with E-state index in [-0.39, 0.29) is 34.4 Å². The van der Waals surface area contributed by atoms with E-state index in [1.54, 1.807) is 17.0 Å². The van der Waals surface area contributed by atoms with Crippen LogP contribution in [0.1, 0.15) is 24.2 Å². The average molecular weight is 454 g/mol. The highest BCUT2D eigenvalue weighted by atomic mass is 35.5. The molecule has 9 nitrogen and oxygen atoms in total. The van der Waals surface area contributed by atoms with Gasteiger partial charge in [-0.15, -0.1) is 0 Å². The van der Waals surface area contributed by atoms with Crippen molar-refractivity contribution in [2.75, 3.05) is 17.8 Å². The Balaban J connectivity index is 1.94. The fraction of sp³-hybridized carbons (Fsp3) is 0.316. The summed E-state index contributed by atoms with van der Waals surface area (Å²) in [6, 6.07) is 9.29. The minimum atomic E-state index is -4.29. The van der Waals surface area contributed by atoms with Gasteiger partial charge in [0.2, 0.25) is 0 Å². The summed E-state index contributed by atoms with van der Waals surface area (Å²) < 4.78 is 33.8. The number of nitrogens with one attached hydrogen (secondary N) is 1. The van der Waals surface area contributed by atoms with E-state index >= 15 is 0 Å². The van der Waals surface area contributed by atoms with Crippen LogP contribution in [0, 0.1) is 10.1 Å². The summed E-state index contributed by atoms with van der Waals surface area (Å²) >= 11 is 5.98. The van der Waals surface area contributed by atoms with E-state index in [2.05, 4.69) is 4.72 Å².